The van der Waals surface area contributed by atoms with Crippen molar-refractivity contribution in [2.24, 2.45) is 0 Å². The molecule has 20 heavy (non-hydrogen) atoms. The summed E-state index contributed by atoms with van der Waals surface area (Å²) in [5.74, 6) is 0.697. The second-order valence-electron chi connectivity index (χ2n) is 4.31. The third kappa shape index (κ3) is 3.97. The number of nitrogens with zero attached hydrogens (tertiary/aromatic N) is 4. The summed E-state index contributed by atoms with van der Waals surface area (Å²) >= 11 is 0. The molecule has 9 heteroatoms. The van der Waals surface area contributed by atoms with Crippen LogP contribution in [0.4, 0.5) is 23.8 Å². The highest BCUT2D eigenvalue weighted by Crippen LogP contribution is 2.14. The number of hydrogen-bond acceptors (Lipinski definition) is 4. The first-order chi connectivity index (χ1) is 9.46. The van der Waals surface area contributed by atoms with Gasteiger partial charge in [-0.15, -0.1) is 0 Å². The van der Waals surface area contributed by atoms with E-state index in [0.717, 1.165) is 0 Å². The van der Waals surface area contributed by atoms with Crippen LogP contribution in [0.25, 0.3) is 0 Å². The predicted octanol–water partition coefficient (Wildman–Crippen LogP) is 0.871. The molecule has 1 saturated heterocycles. The smallest absolute Gasteiger partial charge is 0.352 e. The molecular weight excluding hydrogens is 275 g/mol. The highest BCUT2D eigenvalue weighted by atomic mass is 19.4. The lowest BCUT2D eigenvalue weighted by atomic mass is 10.3. The minimum Gasteiger partial charge on any atom is -0.352 e. The fourth-order valence-corrected chi connectivity index (χ4v) is 1.88. The van der Waals surface area contributed by atoms with E-state index in [0.29, 0.717) is 32.0 Å². The summed E-state index contributed by atoms with van der Waals surface area (Å²) in [5.41, 5.74) is 0. The summed E-state index contributed by atoms with van der Waals surface area (Å²) in [6, 6.07) is -0.693. The molecule has 1 N–H and O–H groups in total. The van der Waals surface area contributed by atoms with E-state index in [1.54, 1.807) is 18.6 Å². The largest absolute Gasteiger partial charge is 0.405 e. The Morgan fingerprint density at radius 2 is 1.95 bits per heavy atom. The lowest BCUT2D eigenvalue weighted by Crippen LogP contribution is -2.53. The quantitative estimate of drug-likeness (QED) is 0.877. The number of aromatic nitrogens is 2. The van der Waals surface area contributed by atoms with Crippen molar-refractivity contribution in [3.8, 4) is 0 Å². The standard InChI is InChI=1S/C11H14F3N5O/c12-11(13,14)8-17-10(20)19-5-3-18(4-6-19)9-7-15-1-2-16-9/h1-2,7H,3-6,8H2,(H,17,20). The first kappa shape index (κ1) is 14.4. The van der Waals surface area contributed by atoms with E-state index < -0.39 is 18.8 Å². The van der Waals surface area contributed by atoms with Gasteiger partial charge in [0.05, 0.1) is 6.20 Å². The molecule has 0 atom stereocenters. The summed E-state index contributed by atoms with van der Waals surface area (Å²) in [7, 11) is 0. The van der Waals surface area contributed by atoms with Gasteiger partial charge in [-0.2, -0.15) is 13.2 Å². The van der Waals surface area contributed by atoms with Crippen molar-refractivity contribution in [2.45, 2.75) is 6.18 Å². The van der Waals surface area contributed by atoms with Crippen LogP contribution >= 0.6 is 0 Å². The highest BCUT2D eigenvalue weighted by Gasteiger charge is 2.29. The van der Waals surface area contributed by atoms with Crippen LogP contribution in [0.5, 0.6) is 0 Å². The van der Waals surface area contributed by atoms with Crippen molar-refractivity contribution in [1.82, 2.24) is 20.2 Å². The van der Waals surface area contributed by atoms with Gasteiger partial charge in [-0.3, -0.25) is 4.98 Å². The predicted molar refractivity (Wildman–Crippen MR) is 65.3 cm³/mol. The van der Waals surface area contributed by atoms with Crippen LogP contribution in [0.2, 0.25) is 0 Å². The number of halogens is 3. The topological polar surface area (TPSA) is 61.4 Å². The Bertz CT molecular complexity index is 445. The molecule has 6 nitrogen and oxygen atoms in total. The van der Waals surface area contributed by atoms with Gasteiger partial charge in [0.25, 0.3) is 0 Å². The molecule has 0 aromatic carbocycles. The van der Waals surface area contributed by atoms with Crippen molar-refractivity contribution in [1.29, 1.82) is 0 Å². The Morgan fingerprint density at radius 3 is 2.50 bits per heavy atom. The molecule has 1 aliphatic rings. The summed E-state index contributed by atoms with van der Waals surface area (Å²) in [6.07, 6.45) is 0.346. The van der Waals surface area contributed by atoms with Gasteiger partial charge in [0.1, 0.15) is 12.4 Å². The average molecular weight is 289 g/mol. The monoisotopic (exact) mass is 289 g/mol. The fourth-order valence-electron chi connectivity index (χ4n) is 1.88. The van der Waals surface area contributed by atoms with Crippen molar-refractivity contribution >= 4 is 11.8 Å². The summed E-state index contributed by atoms with van der Waals surface area (Å²) in [6.45, 7) is 0.410. The minimum absolute atomic E-state index is 0.347. The van der Waals surface area contributed by atoms with E-state index >= 15 is 0 Å². The van der Waals surface area contributed by atoms with Gasteiger partial charge in [0.15, 0.2) is 0 Å². The second-order valence-corrected chi connectivity index (χ2v) is 4.31. The maximum Gasteiger partial charge on any atom is 0.405 e. The molecule has 0 aliphatic carbocycles. The van der Waals surface area contributed by atoms with Crippen LogP contribution in [0.3, 0.4) is 0 Å². The number of carbonyl (C=O) groups is 1. The zero-order valence-electron chi connectivity index (χ0n) is 10.6. The zero-order chi connectivity index (χ0) is 14.6. The summed E-state index contributed by atoms with van der Waals surface area (Å²) < 4.78 is 36.0. The molecule has 2 rings (SSSR count). The Morgan fingerprint density at radius 1 is 1.25 bits per heavy atom. The Kier molecular flexibility index (Phi) is 4.26. The van der Waals surface area contributed by atoms with Gasteiger partial charge in [0, 0.05) is 38.6 Å². The van der Waals surface area contributed by atoms with Crippen LogP contribution in [0, 0.1) is 0 Å². The Labute approximate surface area is 113 Å². The number of carbonyl (C=O) groups excluding carboxylic acids is 1. The first-order valence-corrected chi connectivity index (χ1v) is 6.06. The molecule has 1 aromatic heterocycles. The van der Waals surface area contributed by atoms with Crippen LogP contribution in [0.15, 0.2) is 18.6 Å². The van der Waals surface area contributed by atoms with Gasteiger partial charge in [-0.05, 0) is 0 Å². The summed E-state index contributed by atoms with van der Waals surface area (Å²) in [4.78, 5) is 22.9. The number of amides is 2. The number of piperazine rings is 1. The first-order valence-electron chi connectivity index (χ1n) is 6.06. The molecule has 0 radical (unpaired) electrons. The number of hydrogen-bond donors (Lipinski definition) is 1. The number of alkyl halides is 3. The fraction of sp³-hybridized carbons (Fsp3) is 0.545. The summed E-state index contributed by atoms with van der Waals surface area (Å²) in [5, 5.41) is 1.86. The molecule has 1 aromatic rings. The number of anilines is 1. The van der Waals surface area contributed by atoms with Crippen LogP contribution in [-0.2, 0) is 0 Å². The van der Waals surface area contributed by atoms with Gasteiger partial charge >= 0.3 is 12.2 Å². The van der Waals surface area contributed by atoms with Crippen LogP contribution in [-0.4, -0.2) is 59.8 Å². The van der Waals surface area contributed by atoms with Gasteiger partial charge in [-0.1, -0.05) is 0 Å². The van der Waals surface area contributed by atoms with E-state index in [1.807, 2.05) is 10.2 Å². The maximum atomic E-state index is 12.0. The molecule has 110 valence electrons. The molecule has 0 saturated carbocycles. The lowest BCUT2D eigenvalue weighted by Gasteiger charge is -2.35. The van der Waals surface area contributed by atoms with E-state index in [4.69, 9.17) is 0 Å². The molecule has 2 amide bonds. The van der Waals surface area contributed by atoms with E-state index in [9.17, 15) is 18.0 Å². The molecule has 0 bridgehead atoms. The molecule has 0 unspecified atom stereocenters. The van der Waals surface area contributed by atoms with Crippen molar-refractivity contribution in [3.63, 3.8) is 0 Å². The van der Waals surface area contributed by atoms with E-state index in [1.165, 1.54) is 4.90 Å². The maximum absolute atomic E-state index is 12.0. The minimum atomic E-state index is -4.39. The molecule has 2 heterocycles. The average Bonchev–Trinajstić information content (AvgIpc) is 2.45. The molecule has 0 spiro atoms. The highest BCUT2D eigenvalue weighted by molar-refractivity contribution is 5.74. The van der Waals surface area contributed by atoms with Gasteiger partial charge in [-0.25, -0.2) is 9.78 Å². The number of rotatable bonds is 2. The molecular formula is C11H14F3N5O. The lowest BCUT2D eigenvalue weighted by molar-refractivity contribution is -0.123. The van der Waals surface area contributed by atoms with Crippen molar-refractivity contribution in [2.75, 3.05) is 37.6 Å². The third-order valence-electron chi connectivity index (χ3n) is 2.88. The molecule has 1 fully saturated rings. The van der Waals surface area contributed by atoms with Gasteiger partial charge in [0.2, 0.25) is 0 Å². The third-order valence-corrected chi connectivity index (χ3v) is 2.88. The van der Waals surface area contributed by atoms with Crippen LogP contribution in [0.1, 0.15) is 0 Å². The normalized spacial score (nSPS) is 16.1. The zero-order valence-corrected chi connectivity index (χ0v) is 10.6. The Balaban J connectivity index is 1.81. The van der Waals surface area contributed by atoms with Crippen molar-refractivity contribution in [3.05, 3.63) is 18.6 Å². The van der Waals surface area contributed by atoms with Crippen LogP contribution < -0.4 is 10.2 Å². The van der Waals surface area contributed by atoms with E-state index in [2.05, 4.69) is 9.97 Å². The Hall–Kier alpha value is -2.06. The van der Waals surface area contributed by atoms with E-state index in [-0.39, 0.29) is 0 Å². The van der Waals surface area contributed by atoms with Gasteiger partial charge < -0.3 is 15.1 Å². The number of nitrogens with one attached hydrogen (secondary N) is 1. The molecule has 1 aliphatic heterocycles. The van der Waals surface area contributed by atoms with Crippen molar-refractivity contribution < 1.29 is 18.0 Å². The number of urea groups is 1. The second kappa shape index (κ2) is 5.93. The SMILES string of the molecule is O=C(NCC(F)(F)F)N1CCN(c2cnccn2)CC1.